The van der Waals surface area contributed by atoms with E-state index in [2.05, 4.69) is 40.5 Å². The molecule has 0 aliphatic carbocycles. The monoisotopic (exact) mass is 281 g/mol. The second-order valence-electron chi connectivity index (χ2n) is 4.58. The molecule has 114 valence electrons. The van der Waals surface area contributed by atoms with Crippen molar-refractivity contribution in [3.8, 4) is 5.75 Å². The fourth-order valence-corrected chi connectivity index (χ4v) is 2.24. The lowest BCUT2D eigenvalue weighted by Crippen LogP contribution is -2.30. The maximum Gasteiger partial charge on any atom is 0.204 e. The molecule has 0 atom stereocenters. The van der Waals surface area contributed by atoms with E-state index in [4.69, 9.17) is 10.5 Å². The summed E-state index contributed by atoms with van der Waals surface area (Å²) in [7, 11) is 1.60. The van der Waals surface area contributed by atoms with Crippen LogP contribution in [0.3, 0.4) is 0 Å². The van der Waals surface area contributed by atoms with Gasteiger partial charge in [-0.1, -0.05) is 13.8 Å². The van der Waals surface area contributed by atoms with Gasteiger partial charge in [0.1, 0.15) is 6.33 Å². The van der Waals surface area contributed by atoms with E-state index < -0.39 is 0 Å². The van der Waals surface area contributed by atoms with E-state index in [1.54, 1.807) is 7.11 Å². The van der Waals surface area contributed by atoms with Crippen molar-refractivity contribution in [3.05, 3.63) is 6.33 Å². The number of nitrogens with two attached hydrogens (primary N) is 1. The minimum atomic E-state index is 0.389. The molecule has 0 spiro atoms. The smallest absolute Gasteiger partial charge is 0.204 e. The van der Waals surface area contributed by atoms with E-state index in [0.29, 0.717) is 11.6 Å². The van der Waals surface area contributed by atoms with Gasteiger partial charge in [0.25, 0.3) is 0 Å². The molecule has 0 saturated heterocycles. The Kier molecular flexibility index (Phi) is 7.08. The summed E-state index contributed by atoms with van der Waals surface area (Å²) >= 11 is 0. The van der Waals surface area contributed by atoms with Crippen LogP contribution >= 0.6 is 0 Å². The number of ether oxygens (including phenoxy) is 1. The highest BCUT2D eigenvalue weighted by atomic mass is 16.5. The van der Waals surface area contributed by atoms with Crippen molar-refractivity contribution in [2.45, 2.75) is 27.2 Å². The molecule has 2 N–H and O–H groups in total. The minimum absolute atomic E-state index is 0.389. The van der Waals surface area contributed by atoms with Gasteiger partial charge in [-0.05, 0) is 33.0 Å². The predicted molar refractivity (Wildman–Crippen MR) is 83.3 cm³/mol. The van der Waals surface area contributed by atoms with Gasteiger partial charge in [-0.2, -0.15) is 0 Å². The molecule has 0 saturated carbocycles. The minimum Gasteiger partial charge on any atom is -0.490 e. The van der Waals surface area contributed by atoms with Gasteiger partial charge in [0.15, 0.2) is 11.6 Å². The van der Waals surface area contributed by atoms with E-state index in [1.807, 2.05) is 0 Å². The molecule has 1 rings (SSSR count). The van der Waals surface area contributed by atoms with Gasteiger partial charge in [-0.15, -0.1) is 0 Å². The van der Waals surface area contributed by atoms with E-state index in [9.17, 15) is 0 Å². The first-order chi connectivity index (χ1) is 9.67. The maximum absolute atomic E-state index is 5.83. The molecule has 1 aromatic rings. The van der Waals surface area contributed by atoms with Crippen molar-refractivity contribution in [2.24, 2.45) is 0 Å². The van der Waals surface area contributed by atoms with Crippen LogP contribution in [0.15, 0.2) is 6.33 Å². The Morgan fingerprint density at radius 1 is 1.10 bits per heavy atom. The van der Waals surface area contributed by atoms with Crippen LogP contribution in [0, 0.1) is 0 Å². The Hall–Kier alpha value is -1.56. The van der Waals surface area contributed by atoms with Crippen LogP contribution in [0.4, 0.5) is 11.6 Å². The third-order valence-corrected chi connectivity index (χ3v) is 3.49. The number of hydrogen-bond acceptors (Lipinski definition) is 6. The molecular formula is C14H27N5O. The summed E-state index contributed by atoms with van der Waals surface area (Å²) in [5.74, 6) is 1.74. The number of aromatic nitrogens is 2. The Balaban J connectivity index is 2.69. The van der Waals surface area contributed by atoms with E-state index >= 15 is 0 Å². The molecule has 6 nitrogen and oxygen atoms in total. The summed E-state index contributed by atoms with van der Waals surface area (Å²) in [5.41, 5.74) is 5.83. The summed E-state index contributed by atoms with van der Waals surface area (Å²) < 4.78 is 5.33. The summed E-state index contributed by atoms with van der Waals surface area (Å²) in [6.07, 6.45) is 2.57. The normalized spacial score (nSPS) is 10.8. The Bertz CT molecular complexity index is 395. The van der Waals surface area contributed by atoms with Crippen molar-refractivity contribution in [2.75, 3.05) is 50.5 Å². The van der Waals surface area contributed by atoms with Crippen LogP contribution < -0.4 is 15.4 Å². The van der Waals surface area contributed by atoms with Crippen LogP contribution in [0.1, 0.15) is 27.2 Å². The van der Waals surface area contributed by atoms with Crippen molar-refractivity contribution in [1.82, 2.24) is 14.9 Å². The first kappa shape index (κ1) is 16.5. The lowest BCUT2D eigenvalue weighted by Gasteiger charge is -2.25. The highest BCUT2D eigenvalue weighted by molar-refractivity contribution is 5.62. The van der Waals surface area contributed by atoms with Crippen molar-refractivity contribution in [1.29, 1.82) is 0 Å². The molecular weight excluding hydrogens is 254 g/mol. The van der Waals surface area contributed by atoms with Crippen LogP contribution in [0.25, 0.3) is 0 Å². The molecule has 0 aromatic carbocycles. The molecule has 0 aliphatic rings. The summed E-state index contributed by atoms with van der Waals surface area (Å²) in [6, 6.07) is 0. The van der Waals surface area contributed by atoms with Gasteiger partial charge in [-0.3, -0.25) is 0 Å². The SMILES string of the molecule is CCN(CC)CCCN(CC)c1ncnc(N)c1OC. The van der Waals surface area contributed by atoms with Crippen molar-refractivity contribution in [3.63, 3.8) is 0 Å². The fourth-order valence-electron chi connectivity index (χ4n) is 2.24. The Morgan fingerprint density at radius 2 is 1.80 bits per heavy atom. The number of anilines is 2. The number of rotatable bonds is 9. The average molecular weight is 281 g/mol. The molecule has 20 heavy (non-hydrogen) atoms. The Labute approximate surface area is 121 Å². The number of nitrogens with zero attached hydrogens (tertiary/aromatic N) is 4. The zero-order chi connectivity index (χ0) is 15.0. The molecule has 0 bridgehead atoms. The summed E-state index contributed by atoms with van der Waals surface area (Å²) in [4.78, 5) is 12.9. The molecule has 6 heteroatoms. The zero-order valence-electron chi connectivity index (χ0n) is 13.1. The Morgan fingerprint density at radius 3 is 2.35 bits per heavy atom. The quantitative estimate of drug-likeness (QED) is 0.742. The van der Waals surface area contributed by atoms with Gasteiger partial charge in [-0.25, -0.2) is 9.97 Å². The van der Waals surface area contributed by atoms with Crippen LogP contribution in [-0.2, 0) is 0 Å². The fraction of sp³-hybridized carbons (Fsp3) is 0.714. The molecule has 1 aromatic heterocycles. The number of nitrogen functional groups attached to an aromatic ring is 1. The van der Waals surface area contributed by atoms with Crippen molar-refractivity contribution < 1.29 is 4.74 Å². The van der Waals surface area contributed by atoms with Gasteiger partial charge in [0.05, 0.1) is 7.11 Å². The molecule has 0 radical (unpaired) electrons. The first-order valence-corrected chi connectivity index (χ1v) is 7.29. The third kappa shape index (κ3) is 4.23. The highest BCUT2D eigenvalue weighted by Gasteiger charge is 2.15. The standard InChI is InChI=1S/C14H27N5O/c1-5-18(6-2)9-8-10-19(7-3)14-12(20-4)13(15)16-11-17-14/h11H,5-10H2,1-4H3,(H2,15,16,17). The van der Waals surface area contributed by atoms with Gasteiger partial charge in [0, 0.05) is 13.1 Å². The average Bonchev–Trinajstić information content (AvgIpc) is 2.47. The van der Waals surface area contributed by atoms with Crippen LogP contribution in [0.2, 0.25) is 0 Å². The number of methoxy groups -OCH3 is 1. The van der Waals surface area contributed by atoms with E-state index in [0.717, 1.165) is 45.0 Å². The second kappa shape index (κ2) is 8.58. The topological polar surface area (TPSA) is 67.5 Å². The summed E-state index contributed by atoms with van der Waals surface area (Å²) in [6.45, 7) is 11.6. The zero-order valence-corrected chi connectivity index (χ0v) is 13.1. The highest BCUT2D eigenvalue weighted by Crippen LogP contribution is 2.29. The second-order valence-corrected chi connectivity index (χ2v) is 4.58. The molecule has 0 fully saturated rings. The van der Waals surface area contributed by atoms with E-state index in [-0.39, 0.29) is 0 Å². The van der Waals surface area contributed by atoms with Gasteiger partial charge >= 0.3 is 0 Å². The molecule has 1 heterocycles. The van der Waals surface area contributed by atoms with Crippen molar-refractivity contribution >= 4 is 11.6 Å². The first-order valence-electron chi connectivity index (χ1n) is 7.29. The van der Waals surface area contributed by atoms with Gasteiger partial charge < -0.3 is 20.3 Å². The third-order valence-electron chi connectivity index (χ3n) is 3.49. The summed E-state index contributed by atoms with van der Waals surface area (Å²) in [5, 5.41) is 0. The number of hydrogen-bond donors (Lipinski definition) is 1. The molecule has 0 unspecified atom stereocenters. The lowest BCUT2D eigenvalue weighted by atomic mass is 10.3. The van der Waals surface area contributed by atoms with Crippen LogP contribution in [0.5, 0.6) is 5.75 Å². The maximum atomic E-state index is 5.83. The largest absolute Gasteiger partial charge is 0.490 e. The van der Waals surface area contributed by atoms with E-state index in [1.165, 1.54) is 6.33 Å². The predicted octanol–water partition coefficient (Wildman–Crippen LogP) is 1.63. The lowest BCUT2D eigenvalue weighted by molar-refractivity contribution is 0.300. The molecule has 0 aliphatic heterocycles. The van der Waals surface area contributed by atoms with Gasteiger partial charge in [0.2, 0.25) is 5.75 Å². The molecule has 0 amide bonds. The van der Waals surface area contributed by atoms with Crippen LogP contribution in [-0.4, -0.2) is 54.7 Å².